The predicted molar refractivity (Wildman–Crippen MR) is 96.7 cm³/mol. The van der Waals surface area contributed by atoms with Crippen LogP contribution in [0.5, 0.6) is 5.75 Å². The zero-order valence-electron chi connectivity index (χ0n) is 13.6. The highest BCUT2D eigenvalue weighted by Gasteiger charge is 2.14. The number of carbonyl (C=O) groups is 2. The van der Waals surface area contributed by atoms with Crippen molar-refractivity contribution in [3.8, 4) is 5.75 Å². The van der Waals surface area contributed by atoms with E-state index in [1.165, 1.54) is 37.4 Å². The Hall–Kier alpha value is -3.33. The van der Waals surface area contributed by atoms with Crippen LogP contribution in [0.1, 0.15) is 10.4 Å². The summed E-state index contributed by atoms with van der Waals surface area (Å²) in [4.78, 5) is 33.6. The number of hydrogen-bond acceptors (Lipinski definition) is 6. The molecule has 9 nitrogen and oxygen atoms in total. The molecule has 0 saturated carbocycles. The monoisotopic (exact) mass is 378 g/mol. The van der Waals surface area contributed by atoms with Crippen LogP contribution in [0.15, 0.2) is 36.4 Å². The molecule has 2 aromatic rings. The van der Waals surface area contributed by atoms with Gasteiger partial charge in [0.25, 0.3) is 5.69 Å². The number of rotatable bonds is 7. The summed E-state index contributed by atoms with van der Waals surface area (Å²) in [6.07, 6.45) is 0. The van der Waals surface area contributed by atoms with E-state index in [9.17, 15) is 19.7 Å². The van der Waals surface area contributed by atoms with Crippen LogP contribution < -0.4 is 21.1 Å². The van der Waals surface area contributed by atoms with Crippen molar-refractivity contribution in [3.63, 3.8) is 0 Å². The number of nitro groups is 1. The van der Waals surface area contributed by atoms with E-state index >= 15 is 0 Å². The van der Waals surface area contributed by atoms with Gasteiger partial charge in [0.05, 0.1) is 40.9 Å². The topological polar surface area (TPSA) is 137 Å². The lowest BCUT2D eigenvalue weighted by molar-refractivity contribution is -0.384. The van der Waals surface area contributed by atoms with Crippen molar-refractivity contribution in [2.24, 2.45) is 5.73 Å². The summed E-state index contributed by atoms with van der Waals surface area (Å²) in [5, 5.41) is 16.4. The summed E-state index contributed by atoms with van der Waals surface area (Å²) in [6.45, 7) is -0.125. The number of non-ortho nitro benzene ring substituents is 1. The van der Waals surface area contributed by atoms with Crippen LogP contribution in [0.3, 0.4) is 0 Å². The molecular weight excluding hydrogens is 364 g/mol. The number of hydrogen-bond donors (Lipinski definition) is 3. The van der Waals surface area contributed by atoms with Gasteiger partial charge in [0.15, 0.2) is 0 Å². The van der Waals surface area contributed by atoms with Crippen LogP contribution >= 0.6 is 11.6 Å². The lowest BCUT2D eigenvalue weighted by Crippen LogP contribution is -2.22. The number of ether oxygens (including phenoxy) is 1. The number of nitro benzene ring substituents is 1. The lowest BCUT2D eigenvalue weighted by atomic mass is 10.2. The number of nitrogens with zero attached hydrogens (tertiary/aromatic N) is 1. The standard InChI is InChI=1S/C16H15ClN4O5/c1-26-14-7-10(21(24)25)3-5-13(14)20-15(22)8-19-9-2-4-12(17)11(6-9)16(18)23/h2-7,19H,8H2,1H3,(H2,18,23)(H,20,22). The highest BCUT2D eigenvalue weighted by molar-refractivity contribution is 6.33. The van der Waals surface area contributed by atoms with Crippen molar-refractivity contribution in [3.05, 3.63) is 57.1 Å². The molecule has 0 saturated heterocycles. The summed E-state index contributed by atoms with van der Waals surface area (Å²) in [5.41, 5.74) is 5.96. The number of primary amides is 1. The quantitative estimate of drug-likeness (QED) is 0.499. The van der Waals surface area contributed by atoms with Crippen molar-refractivity contribution in [1.82, 2.24) is 0 Å². The van der Waals surface area contributed by atoms with Gasteiger partial charge >= 0.3 is 0 Å². The maximum absolute atomic E-state index is 12.1. The van der Waals surface area contributed by atoms with Crippen LogP contribution in [-0.2, 0) is 4.79 Å². The Balaban J connectivity index is 2.04. The third-order valence-corrected chi connectivity index (χ3v) is 3.68. The Labute approximate surface area is 153 Å². The first-order valence-electron chi connectivity index (χ1n) is 7.27. The molecular formula is C16H15ClN4O5. The second-order valence-corrected chi connectivity index (χ2v) is 5.51. The van der Waals surface area contributed by atoms with Crippen LogP contribution in [0.2, 0.25) is 5.02 Å². The first-order chi connectivity index (χ1) is 12.3. The summed E-state index contributed by atoms with van der Waals surface area (Å²) in [6, 6.07) is 8.35. The summed E-state index contributed by atoms with van der Waals surface area (Å²) in [7, 11) is 1.34. The fraction of sp³-hybridized carbons (Fsp3) is 0.125. The zero-order chi connectivity index (χ0) is 19.3. The van der Waals surface area contributed by atoms with E-state index in [2.05, 4.69) is 10.6 Å². The van der Waals surface area contributed by atoms with Gasteiger partial charge in [-0.05, 0) is 24.3 Å². The third-order valence-electron chi connectivity index (χ3n) is 3.35. The molecule has 2 amide bonds. The van der Waals surface area contributed by atoms with E-state index in [-0.39, 0.29) is 28.6 Å². The van der Waals surface area contributed by atoms with E-state index < -0.39 is 16.7 Å². The van der Waals surface area contributed by atoms with E-state index in [1.807, 2.05) is 0 Å². The predicted octanol–water partition coefficient (Wildman–Crippen LogP) is 2.41. The van der Waals surface area contributed by atoms with E-state index in [4.69, 9.17) is 22.1 Å². The average molecular weight is 379 g/mol. The first-order valence-corrected chi connectivity index (χ1v) is 7.65. The Morgan fingerprint density at radius 1 is 1.27 bits per heavy atom. The summed E-state index contributed by atoms with van der Waals surface area (Å²) < 4.78 is 5.05. The van der Waals surface area contributed by atoms with E-state index in [0.29, 0.717) is 11.4 Å². The second-order valence-electron chi connectivity index (χ2n) is 5.10. The average Bonchev–Trinajstić information content (AvgIpc) is 2.60. The van der Waals surface area contributed by atoms with Crippen molar-refractivity contribution in [2.45, 2.75) is 0 Å². The number of halogens is 1. The molecule has 0 unspecified atom stereocenters. The molecule has 136 valence electrons. The second kappa shape index (κ2) is 8.17. The number of carbonyl (C=O) groups excluding carboxylic acids is 2. The fourth-order valence-corrected chi connectivity index (χ4v) is 2.31. The van der Waals surface area contributed by atoms with Crippen molar-refractivity contribution >= 4 is 40.5 Å². The normalized spacial score (nSPS) is 10.1. The molecule has 0 bridgehead atoms. The van der Waals surface area contributed by atoms with Crippen molar-refractivity contribution < 1.29 is 19.2 Å². The molecule has 0 aliphatic carbocycles. The Kier molecular flexibility index (Phi) is 5.97. The summed E-state index contributed by atoms with van der Waals surface area (Å²) >= 11 is 5.86. The van der Waals surface area contributed by atoms with Gasteiger partial charge in [0.2, 0.25) is 11.8 Å². The molecule has 4 N–H and O–H groups in total. The van der Waals surface area contributed by atoms with Gasteiger partial charge in [-0.15, -0.1) is 0 Å². The molecule has 0 atom stereocenters. The molecule has 0 aliphatic rings. The molecule has 0 spiro atoms. The molecule has 0 fully saturated rings. The number of benzene rings is 2. The summed E-state index contributed by atoms with van der Waals surface area (Å²) in [5.74, 6) is -0.943. The minimum atomic E-state index is -0.682. The molecule has 26 heavy (non-hydrogen) atoms. The van der Waals surface area contributed by atoms with Crippen LogP contribution in [0, 0.1) is 10.1 Å². The number of anilines is 2. The number of amides is 2. The first kappa shape index (κ1) is 19.0. The highest BCUT2D eigenvalue weighted by Crippen LogP contribution is 2.29. The largest absolute Gasteiger partial charge is 0.494 e. The molecule has 0 aromatic heterocycles. The number of nitrogens with two attached hydrogens (primary N) is 1. The number of methoxy groups -OCH3 is 1. The maximum atomic E-state index is 12.1. The number of nitrogens with one attached hydrogen (secondary N) is 2. The maximum Gasteiger partial charge on any atom is 0.273 e. The molecule has 10 heteroatoms. The van der Waals surface area contributed by atoms with Crippen LogP contribution in [-0.4, -0.2) is 30.4 Å². The molecule has 0 aliphatic heterocycles. The van der Waals surface area contributed by atoms with Crippen molar-refractivity contribution in [1.29, 1.82) is 0 Å². The van der Waals surface area contributed by atoms with E-state index in [0.717, 1.165) is 0 Å². The smallest absolute Gasteiger partial charge is 0.273 e. The van der Waals surface area contributed by atoms with Crippen molar-refractivity contribution in [2.75, 3.05) is 24.3 Å². The molecule has 2 rings (SSSR count). The molecule has 0 radical (unpaired) electrons. The Bertz CT molecular complexity index is 872. The minimum absolute atomic E-state index is 0.125. The molecule has 0 heterocycles. The van der Waals surface area contributed by atoms with Gasteiger partial charge in [0, 0.05) is 11.8 Å². The minimum Gasteiger partial charge on any atom is -0.494 e. The zero-order valence-corrected chi connectivity index (χ0v) is 14.4. The highest BCUT2D eigenvalue weighted by atomic mass is 35.5. The van der Waals surface area contributed by atoms with Crippen LogP contribution in [0.25, 0.3) is 0 Å². The van der Waals surface area contributed by atoms with Crippen LogP contribution in [0.4, 0.5) is 17.1 Å². The van der Waals surface area contributed by atoms with Gasteiger partial charge in [-0.3, -0.25) is 19.7 Å². The van der Waals surface area contributed by atoms with Gasteiger partial charge in [-0.1, -0.05) is 11.6 Å². The van der Waals surface area contributed by atoms with Gasteiger partial charge < -0.3 is 21.1 Å². The lowest BCUT2D eigenvalue weighted by Gasteiger charge is -2.11. The Morgan fingerprint density at radius 2 is 2.00 bits per heavy atom. The van der Waals surface area contributed by atoms with Gasteiger partial charge in [0.1, 0.15) is 5.75 Å². The Morgan fingerprint density at radius 3 is 2.62 bits per heavy atom. The molecule has 2 aromatic carbocycles. The SMILES string of the molecule is COc1cc([N+](=O)[O-])ccc1NC(=O)CNc1ccc(Cl)c(C(N)=O)c1. The van der Waals surface area contributed by atoms with E-state index in [1.54, 1.807) is 6.07 Å². The third kappa shape index (κ3) is 4.61. The van der Waals surface area contributed by atoms with Gasteiger partial charge in [-0.2, -0.15) is 0 Å². The fourth-order valence-electron chi connectivity index (χ4n) is 2.10. The van der Waals surface area contributed by atoms with Gasteiger partial charge in [-0.25, -0.2) is 0 Å².